The molecule has 28 heavy (non-hydrogen) atoms. The van der Waals surface area contributed by atoms with E-state index in [1.807, 2.05) is 19.1 Å². The number of rotatable bonds is 5. The molecule has 4 N–H and O–H groups in total. The van der Waals surface area contributed by atoms with Gasteiger partial charge in [-0.1, -0.05) is 23.8 Å². The second kappa shape index (κ2) is 7.80. The summed E-state index contributed by atoms with van der Waals surface area (Å²) < 4.78 is 19.7. The minimum atomic E-state index is -0.528. The van der Waals surface area contributed by atoms with E-state index in [2.05, 4.69) is 15.5 Å². The molecule has 0 aliphatic heterocycles. The number of nitrogens with zero attached hydrogens (tertiary/aromatic N) is 2. The molecule has 8 heteroatoms. The predicted molar refractivity (Wildman–Crippen MR) is 102 cm³/mol. The normalized spacial score (nSPS) is 10.4. The molecule has 1 aromatic heterocycles. The molecule has 0 fully saturated rings. The summed E-state index contributed by atoms with van der Waals surface area (Å²) in [5.74, 6) is -0.323. The maximum atomic E-state index is 14.5. The lowest BCUT2D eigenvalue weighted by molar-refractivity contribution is 0.0947. The highest BCUT2D eigenvalue weighted by molar-refractivity contribution is 5.97. The monoisotopic (exact) mass is 379 g/mol. The summed E-state index contributed by atoms with van der Waals surface area (Å²) in [6.45, 7) is 1.86. The zero-order valence-electron chi connectivity index (χ0n) is 15.3. The Balaban J connectivity index is 1.78. The van der Waals surface area contributed by atoms with Crippen LogP contribution in [0.3, 0.4) is 0 Å². The van der Waals surface area contributed by atoms with Crippen molar-refractivity contribution in [3.63, 3.8) is 0 Å². The molecule has 0 radical (unpaired) electrons. The third-order valence-electron chi connectivity index (χ3n) is 4.27. The number of nitrogen functional groups attached to an aromatic ring is 1. The molecule has 1 heterocycles. The molecule has 3 rings (SSSR count). The van der Waals surface area contributed by atoms with Gasteiger partial charge in [0.1, 0.15) is 34.7 Å². The van der Waals surface area contributed by atoms with Gasteiger partial charge >= 0.3 is 0 Å². The number of nitrogens with one attached hydrogen (secondary N) is 2. The number of anilines is 1. The van der Waals surface area contributed by atoms with Gasteiger partial charge in [-0.3, -0.25) is 9.89 Å². The fourth-order valence-corrected chi connectivity index (χ4v) is 2.79. The highest BCUT2D eigenvalue weighted by atomic mass is 19.1. The SMILES string of the molecule is COc1ccc(C)cc1C(=O)NCc1ccc(-c2n[nH]c(N)c2C#N)cc1F. The van der Waals surface area contributed by atoms with E-state index in [0.29, 0.717) is 22.4 Å². The Kier molecular flexibility index (Phi) is 5.27. The van der Waals surface area contributed by atoms with Gasteiger partial charge in [0.25, 0.3) is 5.91 Å². The molecule has 0 spiro atoms. The van der Waals surface area contributed by atoms with Gasteiger partial charge in [0.2, 0.25) is 0 Å². The van der Waals surface area contributed by atoms with Gasteiger partial charge in [0.05, 0.1) is 12.7 Å². The highest BCUT2D eigenvalue weighted by Crippen LogP contribution is 2.26. The summed E-state index contributed by atoms with van der Waals surface area (Å²) in [6, 6.07) is 11.6. The Morgan fingerprint density at radius 3 is 2.82 bits per heavy atom. The minimum Gasteiger partial charge on any atom is -0.496 e. The molecule has 0 bridgehead atoms. The number of amides is 1. The molecule has 0 saturated carbocycles. The molecule has 1 amide bonds. The first-order chi connectivity index (χ1) is 13.4. The highest BCUT2D eigenvalue weighted by Gasteiger charge is 2.16. The Labute approximate surface area is 160 Å². The van der Waals surface area contributed by atoms with Gasteiger partial charge < -0.3 is 15.8 Å². The molecule has 0 unspecified atom stereocenters. The van der Waals surface area contributed by atoms with Crippen LogP contribution >= 0.6 is 0 Å². The van der Waals surface area contributed by atoms with E-state index >= 15 is 0 Å². The summed E-state index contributed by atoms with van der Waals surface area (Å²) in [6.07, 6.45) is 0. The van der Waals surface area contributed by atoms with Crippen molar-refractivity contribution in [2.45, 2.75) is 13.5 Å². The van der Waals surface area contributed by atoms with Crippen molar-refractivity contribution in [2.24, 2.45) is 0 Å². The Morgan fingerprint density at radius 1 is 1.36 bits per heavy atom. The molecule has 0 aliphatic carbocycles. The molecule has 0 aliphatic rings. The van der Waals surface area contributed by atoms with Gasteiger partial charge in [-0.05, 0) is 25.1 Å². The minimum absolute atomic E-state index is 0.00411. The molecule has 0 saturated heterocycles. The van der Waals surface area contributed by atoms with Gasteiger partial charge in [0.15, 0.2) is 0 Å². The molecule has 3 aromatic rings. The van der Waals surface area contributed by atoms with Crippen LogP contribution in [-0.2, 0) is 6.54 Å². The molecule has 2 aromatic carbocycles. The number of halogens is 1. The molecular weight excluding hydrogens is 361 g/mol. The second-order valence-corrected chi connectivity index (χ2v) is 6.17. The van der Waals surface area contributed by atoms with Crippen LogP contribution < -0.4 is 15.8 Å². The van der Waals surface area contributed by atoms with E-state index in [-0.39, 0.29) is 29.5 Å². The van der Waals surface area contributed by atoms with Gasteiger partial charge in [0, 0.05) is 17.7 Å². The van der Waals surface area contributed by atoms with Crippen LogP contribution in [0.25, 0.3) is 11.3 Å². The third kappa shape index (κ3) is 3.64. The van der Waals surface area contributed by atoms with Crippen molar-refractivity contribution in [3.8, 4) is 23.1 Å². The zero-order valence-corrected chi connectivity index (χ0v) is 15.3. The van der Waals surface area contributed by atoms with E-state index in [4.69, 9.17) is 15.7 Å². The summed E-state index contributed by atoms with van der Waals surface area (Å²) in [4.78, 5) is 12.5. The van der Waals surface area contributed by atoms with E-state index in [9.17, 15) is 9.18 Å². The van der Waals surface area contributed by atoms with Crippen molar-refractivity contribution < 1.29 is 13.9 Å². The second-order valence-electron chi connectivity index (χ2n) is 6.17. The van der Waals surface area contributed by atoms with Crippen molar-refractivity contribution in [2.75, 3.05) is 12.8 Å². The smallest absolute Gasteiger partial charge is 0.255 e. The van der Waals surface area contributed by atoms with Crippen LogP contribution in [0.15, 0.2) is 36.4 Å². The number of aromatic amines is 1. The predicted octanol–water partition coefficient (Wildman–Crippen LogP) is 2.92. The average molecular weight is 379 g/mol. The van der Waals surface area contributed by atoms with Crippen molar-refractivity contribution in [1.82, 2.24) is 15.5 Å². The Hall–Kier alpha value is -3.86. The van der Waals surface area contributed by atoms with E-state index in [1.54, 1.807) is 18.2 Å². The topological polar surface area (TPSA) is 117 Å². The summed E-state index contributed by atoms with van der Waals surface area (Å²) in [7, 11) is 1.48. The fourth-order valence-electron chi connectivity index (χ4n) is 2.79. The number of ether oxygens (including phenoxy) is 1. The number of carbonyl (C=O) groups is 1. The van der Waals surface area contributed by atoms with Gasteiger partial charge in [-0.15, -0.1) is 0 Å². The Morgan fingerprint density at radius 2 is 2.14 bits per heavy atom. The van der Waals surface area contributed by atoms with E-state index in [0.717, 1.165) is 5.56 Å². The molecule has 7 nitrogen and oxygen atoms in total. The summed E-state index contributed by atoms with van der Waals surface area (Å²) in [5, 5.41) is 18.3. The van der Waals surface area contributed by atoms with Crippen molar-refractivity contribution in [3.05, 3.63) is 64.5 Å². The van der Waals surface area contributed by atoms with E-state index in [1.165, 1.54) is 19.2 Å². The maximum absolute atomic E-state index is 14.5. The van der Waals surface area contributed by atoms with Crippen LogP contribution in [0.1, 0.15) is 27.0 Å². The van der Waals surface area contributed by atoms with Crippen molar-refractivity contribution >= 4 is 11.7 Å². The number of carbonyl (C=O) groups excluding carboxylic acids is 1. The maximum Gasteiger partial charge on any atom is 0.255 e. The number of hydrogen-bond donors (Lipinski definition) is 3. The lowest BCUT2D eigenvalue weighted by Gasteiger charge is -2.11. The molecule has 0 atom stereocenters. The van der Waals surface area contributed by atoms with E-state index < -0.39 is 5.82 Å². The largest absolute Gasteiger partial charge is 0.496 e. The average Bonchev–Trinajstić information content (AvgIpc) is 3.07. The third-order valence-corrected chi connectivity index (χ3v) is 4.27. The van der Waals surface area contributed by atoms with Crippen molar-refractivity contribution in [1.29, 1.82) is 5.26 Å². The number of hydrogen-bond acceptors (Lipinski definition) is 5. The molecule has 142 valence electrons. The number of methoxy groups -OCH3 is 1. The summed E-state index contributed by atoms with van der Waals surface area (Å²) >= 11 is 0. The number of aryl methyl sites for hydroxylation is 1. The first-order valence-corrected chi connectivity index (χ1v) is 8.40. The zero-order chi connectivity index (χ0) is 20.3. The molecular formula is C20H18FN5O2. The number of benzene rings is 2. The Bertz CT molecular complexity index is 1080. The quantitative estimate of drug-likeness (QED) is 0.630. The van der Waals surface area contributed by atoms with Gasteiger partial charge in [-0.2, -0.15) is 10.4 Å². The van der Waals surface area contributed by atoms with Crippen LogP contribution in [-0.4, -0.2) is 23.2 Å². The van der Waals surface area contributed by atoms with Gasteiger partial charge in [-0.25, -0.2) is 4.39 Å². The van der Waals surface area contributed by atoms with Crippen LogP contribution in [0, 0.1) is 24.1 Å². The number of nitrogens with two attached hydrogens (primary N) is 1. The standard InChI is InChI=1S/C20H18FN5O2/c1-11-3-6-17(28-2)14(7-11)20(27)24-10-13-5-4-12(8-16(13)21)18-15(9-22)19(23)26-25-18/h3-8H,10H2,1-2H3,(H,24,27)(H3,23,25,26). The lowest BCUT2D eigenvalue weighted by atomic mass is 10.0. The number of H-pyrrole nitrogens is 1. The first kappa shape index (κ1) is 18.9. The van der Waals surface area contributed by atoms with Crippen LogP contribution in [0.4, 0.5) is 10.2 Å². The lowest BCUT2D eigenvalue weighted by Crippen LogP contribution is -2.24. The summed E-state index contributed by atoms with van der Waals surface area (Å²) in [5.41, 5.74) is 8.07. The first-order valence-electron chi connectivity index (χ1n) is 8.40. The fraction of sp³-hybridized carbons (Fsp3) is 0.150. The van der Waals surface area contributed by atoms with Crippen LogP contribution in [0.5, 0.6) is 5.75 Å². The number of nitriles is 1. The number of aromatic nitrogens is 2. The van der Waals surface area contributed by atoms with Crippen LogP contribution in [0.2, 0.25) is 0 Å².